The lowest BCUT2D eigenvalue weighted by Crippen LogP contribution is -2.60. The zero-order valence-electron chi connectivity index (χ0n) is 19.4. The van der Waals surface area contributed by atoms with Crippen molar-refractivity contribution in [2.75, 3.05) is 24.6 Å². The third-order valence-electron chi connectivity index (χ3n) is 3.91. The Morgan fingerprint density at radius 2 is 1.18 bits per heavy atom. The van der Waals surface area contributed by atoms with E-state index in [1.807, 2.05) is 0 Å². The van der Waals surface area contributed by atoms with Gasteiger partial charge in [-0.1, -0.05) is 18.2 Å². The van der Waals surface area contributed by atoms with Crippen LogP contribution in [0.3, 0.4) is 0 Å². The molecule has 39 heavy (non-hydrogen) atoms. The average molecular weight is 587 g/mol. The molecular weight excluding hydrogens is 566 g/mol. The van der Waals surface area contributed by atoms with E-state index in [2.05, 4.69) is 5.32 Å². The standard InChI is InChI=1S/C12H13NO5S.C8H8F4N2O6/c14-10(15)7-19-6-9(12(17)18)13-11(16)8-4-2-1-3-5-8;9-7(10,5(19)13-1-3(15)16)8(11,12)6(20)14-2-4(17)18/h1-5,9H,6-7H2,(H,13,16)(H,14,15)(H,17,18);1-2H2,(H,13,19)(H,14,20)(H,15,16)(H,17,18)/t9-;/m0./s1. The number of halogens is 4. The fourth-order valence-corrected chi connectivity index (χ4v) is 2.84. The first-order valence-corrected chi connectivity index (χ1v) is 11.2. The van der Waals surface area contributed by atoms with Gasteiger partial charge in [0.1, 0.15) is 19.1 Å². The Hall–Kier alpha value is -4.42. The van der Waals surface area contributed by atoms with Crippen molar-refractivity contribution in [1.29, 1.82) is 0 Å². The van der Waals surface area contributed by atoms with Gasteiger partial charge in [0.2, 0.25) is 0 Å². The summed E-state index contributed by atoms with van der Waals surface area (Å²) >= 11 is 0.940. The molecule has 0 aliphatic rings. The highest BCUT2D eigenvalue weighted by Gasteiger charge is 2.66. The van der Waals surface area contributed by atoms with Crippen LogP contribution >= 0.6 is 11.8 Å². The Kier molecular flexibility index (Phi) is 14.0. The minimum absolute atomic E-state index is 0.000205. The number of amides is 3. The van der Waals surface area contributed by atoms with E-state index in [0.29, 0.717) is 5.56 Å². The number of carbonyl (C=O) groups excluding carboxylic acids is 3. The van der Waals surface area contributed by atoms with Crippen LogP contribution in [-0.2, 0) is 28.8 Å². The second-order valence-corrected chi connectivity index (χ2v) is 7.97. The quantitative estimate of drug-likeness (QED) is 0.134. The number of carbonyl (C=O) groups is 7. The van der Waals surface area contributed by atoms with Crippen molar-refractivity contribution in [2.24, 2.45) is 0 Å². The summed E-state index contributed by atoms with van der Waals surface area (Å²) in [5.74, 6) is -22.9. The van der Waals surface area contributed by atoms with Crippen molar-refractivity contribution in [1.82, 2.24) is 16.0 Å². The number of aliphatic carboxylic acids is 4. The van der Waals surface area contributed by atoms with Crippen LogP contribution in [0.2, 0.25) is 0 Å². The van der Waals surface area contributed by atoms with E-state index in [1.165, 1.54) is 0 Å². The van der Waals surface area contributed by atoms with Gasteiger partial charge in [-0.25, -0.2) is 4.79 Å². The monoisotopic (exact) mass is 587 g/mol. The number of hydrogen-bond donors (Lipinski definition) is 7. The Bertz CT molecular complexity index is 1030. The van der Waals surface area contributed by atoms with E-state index >= 15 is 0 Å². The van der Waals surface area contributed by atoms with Gasteiger partial charge in [0.15, 0.2) is 0 Å². The molecule has 0 bridgehead atoms. The van der Waals surface area contributed by atoms with E-state index in [1.54, 1.807) is 30.3 Å². The zero-order valence-corrected chi connectivity index (χ0v) is 20.2. The summed E-state index contributed by atoms with van der Waals surface area (Å²) in [6.07, 6.45) is 0. The Morgan fingerprint density at radius 3 is 1.54 bits per heavy atom. The number of nitrogens with one attached hydrogen (secondary N) is 3. The molecule has 1 aromatic rings. The highest BCUT2D eigenvalue weighted by molar-refractivity contribution is 8.00. The summed E-state index contributed by atoms with van der Waals surface area (Å²) in [6.45, 7) is -2.72. The normalized spacial score (nSPS) is 11.6. The molecule has 0 unspecified atom stereocenters. The van der Waals surface area contributed by atoms with E-state index < -0.39 is 72.6 Å². The minimum atomic E-state index is -5.55. The minimum Gasteiger partial charge on any atom is -0.481 e. The van der Waals surface area contributed by atoms with Crippen molar-refractivity contribution in [3.05, 3.63) is 35.9 Å². The van der Waals surface area contributed by atoms with Crippen LogP contribution in [0.15, 0.2) is 30.3 Å². The Balaban J connectivity index is 0.000000741. The first kappa shape index (κ1) is 34.6. The molecule has 0 aliphatic carbocycles. The molecule has 0 aromatic heterocycles. The number of benzene rings is 1. The second kappa shape index (κ2) is 15.7. The van der Waals surface area contributed by atoms with E-state index in [4.69, 9.17) is 20.4 Å². The molecular formula is C20H21F4N3O11S. The summed E-state index contributed by atoms with van der Waals surface area (Å²) in [4.78, 5) is 74.6. The van der Waals surface area contributed by atoms with Crippen molar-refractivity contribution >= 4 is 53.4 Å². The summed E-state index contributed by atoms with van der Waals surface area (Å²) in [7, 11) is 0. The fraction of sp³-hybridized carbons (Fsp3) is 0.350. The largest absolute Gasteiger partial charge is 0.481 e. The van der Waals surface area contributed by atoms with Crippen LogP contribution in [0, 0.1) is 0 Å². The Morgan fingerprint density at radius 1 is 0.744 bits per heavy atom. The van der Waals surface area contributed by atoms with Gasteiger partial charge in [-0.3, -0.25) is 28.8 Å². The van der Waals surface area contributed by atoms with Crippen molar-refractivity contribution in [2.45, 2.75) is 17.9 Å². The van der Waals surface area contributed by atoms with E-state index in [9.17, 15) is 51.1 Å². The summed E-state index contributed by atoms with van der Waals surface area (Å²) < 4.78 is 52.2. The number of carboxylic acid groups (broad SMARTS) is 4. The van der Waals surface area contributed by atoms with Crippen LogP contribution in [0.25, 0.3) is 0 Å². The van der Waals surface area contributed by atoms with Crippen LogP contribution in [-0.4, -0.2) is 105 Å². The lowest BCUT2D eigenvalue weighted by atomic mass is 10.1. The van der Waals surface area contributed by atoms with Gasteiger partial charge in [0, 0.05) is 11.3 Å². The third-order valence-corrected chi connectivity index (χ3v) is 4.93. The maximum Gasteiger partial charge on any atom is 0.395 e. The van der Waals surface area contributed by atoms with Gasteiger partial charge in [-0.2, -0.15) is 17.6 Å². The highest BCUT2D eigenvalue weighted by Crippen LogP contribution is 2.34. The highest BCUT2D eigenvalue weighted by atomic mass is 32.2. The number of alkyl halides is 4. The summed E-state index contributed by atoms with van der Waals surface area (Å²) in [5.41, 5.74) is 0.358. The second-order valence-electron chi connectivity index (χ2n) is 6.94. The van der Waals surface area contributed by atoms with Crippen molar-refractivity contribution < 1.29 is 71.5 Å². The molecule has 14 nitrogen and oxygen atoms in total. The lowest BCUT2D eigenvalue weighted by Gasteiger charge is -2.23. The average Bonchev–Trinajstić information content (AvgIpc) is 2.85. The van der Waals surface area contributed by atoms with Gasteiger partial charge < -0.3 is 36.4 Å². The zero-order chi connectivity index (χ0) is 30.4. The summed E-state index contributed by atoms with van der Waals surface area (Å²) in [5, 5.41) is 37.9. The van der Waals surface area contributed by atoms with Gasteiger partial charge in [0.25, 0.3) is 17.7 Å². The van der Waals surface area contributed by atoms with Gasteiger partial charge in [-0.05, 0) is 12.1 Å². The van der Waals surface area contributed by atoms with Crippen LogP contribution < -0.4 is 16.0 Å². The van der Waals surface area contributed by atoms with Crippen LogP contribution in [0.5, 0.6) is 0 Å². The van der Waals surface area contributed by atoms with E-state index in [-0.39, 0.29) is 11.5 Å². The number of rotatable bonds is 14. The Labute approximate surface area is 219 Å². The molecule has 0 heterocycles. The van der Waals surface area contributed by atoms with Gasteiger partial charge in [0.05, 0.1) is 5.75 Å². The molecule has 0 saturated carbocycles. The van der Waals surface area contributed by atoms with Gasteiger partial charge >= 0.3 is 35.7 Å². The molecule has 0 radical (unpaired) electrons. The molecule has 3 amide bonds. The SMILES string of the molecule is O=C(O)CNC(=O)C(F)(F)C(F)(F)C(=O)NCC(=O)O.O=C(O)CSC[C@H](NC(=O)c1ccccc1)C(=O)O. The third kappa shape index (κ3) is 12.1. The molecule has 1 rings (SSSR count). The van der Waals surface area contributed by atoms with Crippen molar-refractivity contribution in [3.63, 3.8) is 0 Å². The molecule has 0 saturated heterocycles. The van der Waals surface area contributed by atoms with E-state index in [0.717, 1.165) is 22.4 Å². The molecule has 7 N–H and O–H groups in total. The molecule has 19 heteroatoms. The number of thioether (sulfide) groups is 1. The predicted octanol–water partition coefficient (Wildman–Crippen LogP) is -0.654. The molecule has 1 aromatic carbocycles. The maximum absolute atomic E-state index is 13.1. The fourth-order valence-electron chi connectivity index (χ4n) is 2.09. The molecule has 0 fully saturated rings. The van der Waals surface area contributed by atoms with Crippen LogP contribution in [0.1, 0.15) is 10.4 Å². The topological polar surface area (TPSA) is 236 Å². The van der Waals surface area contributed by atoms with Gasteiger partial charge in [-0.15, -0.1) is 11.8 Å². The number of carboxylic acids is 4. The lowest BCUT2D eigenvalue weighted by molar-refractivity contribution is -0.211. The first-order chi connectivity index (χ1) is 17.9. The summed E-state index contributed by atoms with van der Waals surface area (Å²) in [6, 6.07) is 7.11. The smallest absolute Gasteiger partial charge is 0.395 e. The molecule has 1 atom stereocenters. The van der Waals surface area contributed by atoms with Crippen molar-refractivity contribution in [3.8, 4) is 0 Å². The molecule has 0 spiro atoms. The van der Waals surface area contributed by atoms with Crippen LogP contribution in [0.4, 0.5) is 17.6 Å². The predicted molar refractivity (Wildman–Crippen MR) is 121 cm³/mol. The molecule has 216 valence electrons. The maximum atomic E-state index is 13.1. The number of hydrogen-bond acceptors (Lipinski definition) is 8. The first-order valence-electron chi connectivity index (χ1n) is 10.1. The molecule has 0 aliphatic heterocycles.